The molecule has 0 saturated carbocycles. The van der Waals surface area contributed by atoms with Gasteiger partial charge in [-0.2, -0.15) is 0 Å². The van der Waals surface area contributed by atoms with Crippen LogP contribution in [-0.4, -0.2) is 30.6 Å². The van der Waals surface area contributed by atoms with Crippen molar-refractivity contribution in [3.05, 3.63) is 41.9 Å². The Morgan fingerprint density at radius 3 is 2.54 bits per heavy atom. The lowest BCUT2D eigenvalue weighted by atomic mass is 10.1. The third kappa shape index (κ3) is 2.63. The van der Waals surface area contributed by atoms with E-state index in [2.05, 4.69) is 6.58 Å². The third-order valence-electron chi connectivity index (χ3n) is 4.01. The van der Waals surface area contributed by atoms with Crippen LogP contribution in [-0.2, 0) is 14.3 Å². The van der Waals surface area contributed by atoms with E-state index < -0.39 is 23.9 Å². The van der Waals surface area contributed by atoms with E-state index in [1.54, 1.807) is 20.8 Å². The molecule has 0 bridgehead atoms. The molecule has 0 N–H and O–H groups in total. The van der Waals surface area contributed by atoms with Gasteiger partial charge in [0.15, 0.2) is 17.7 Å². The van der Waals surface area contributed by atoms with Gasteiger partial charge in [-0.1, -0.05) is 6.08 Å². The maximum absolute atomic E-state index is 14.6. The Bertz CT molecular complexity index is 873. The highest BCUT2D eigenvalue weighted by Crippen LogP contribution is 2.40. The summed E-state index contributed by atoms with van der Waals surface area (Å²) in [5.41, 5.74) is 0.426. The van der Waals surface area contributed by atoms with Gasteiger partial charge < -0.3 is 14.4 Å². The highest BCUT2D eigenvalue weighted by atomic mass is 19.1. The maximum Gasteiger partial charge on any atom is 0.427 e. The SMILES string of the molecule is C=CCN1C(=O)C(C)Oc2cc(F)c(N3C(=O)OC(=C(C)C)C3=O)cc21. The molecule has 0 aliphatic carbocycles. The standard InChI is InChI=1S/C18H17FN2O5/c1-5-6-20-13-8-12(11(19)7-14(13)25-10(4)16(20)22)21-17(23)15(9(2)3)26-18(21)24/h5,7-8,10H,1,6H2,2-4H3. The molecule has 0 spiro atoms. The molecule has 1 unspecified atom stereocenters. The largest absolute Gasteiger partial charge is 0.479 e. The summed E-state index contributed by atoms with van der Waals surface area (Å²) in [6, 6.07) is 2.27. The Labute approximate surface area is 149 Å². The fourth-order valence-corrected chi connectivity index (χ4v) is 2.79. The van der Waals surface area contributed by atoms with Gasteiger partial charge in [-0.3, -0.25) is 9.59 Å². The lowest BCUT2D eigenvalue weighted by Gasteiger charge is -2.33. The van der Waals surface area contributed by atoms with Crippen LogP contribution in [0.4, 0.5) is 20.6 Å². The first-order chi connectivity index (χ1) is 12.3. The second kappa shape index (κ2) is 6.29. The average Bonchev–Trinajstić information content (AvgIpc) is 2.87. The van der Waals surface area contributed by atoms with E-state index >= 15 is 0 Å². The van der Waals surface area contributed by atoms with E-state index in [9.17, 15) is 18.8 Å². The van der Waals surface area contributed by atoms with E-state index in [0.29, 0.717) is 10.5 Å². The third-order valence-corrected chi connectivity index (χ3v) is 4.01. The summed E-state index contributed by atoms with van der Waals surface area (Å²) >= 11 is 0. The van der Waals surface area contributed by atoms with Crippen molar-refractivity contribution in [3.8, 4) is 5.75 Å². The van der Waals surface area contributed by atoms with Crippen molar-refractivity contribution < 1.29 is 28.2 Å². The molecule has 1 atom stereocenters. The van der Waals surface area contributed by atoms with Crippen LogP contribution >= 0.6 is 0 Å². The van der Waals surface area contributed by atoms with Crippen molar-refractivity contribution in [1.82, 2.24) is 0 Å². The summed E-state index contributed by atoms with van der Waals surface area (Å²) in [6.07, 6.45) is -0.278. The van der Waals surface area contributed by atoms with E-state index in [4.69, 9.17) is 9.47 Å². The minimum atomic E-state index is -1.00. The highest BCUT2D eigenvalue weighted by molar-refractivity contribution is 6.24. The number of ether oxygens (including phenoxy) is 2. The van der Waals surface area contributed by atoms with Crippen LogP contribution in [0.1, 0.15) is 20.8 Å². The summed E-state index contributed by atoms with van der Waals surface area (Å²) in [4.78, 5) is 38.8. The van der Waals surface area contributed by atoms with E-state index in [1.807, 2.05) is 0 Å². The second-order valence-corrected chi connectivity index (χ2v) is 6.11. The van der Waals surface area contributed by atoms with Crippen molar-refractivity contribution in [1.29, 1.82) is 0 Å². The van der Waals surface area contributed by atoms with Gasteiger partial charge in [0, 0.05) is 12.6 Å². The zero-order valence-corrected chi connectivity index (χ0v) is 14.5. The molecule has 8 heteroatoms. The van der Waals surface area contributed by atoms with Gasteiger partial charge in [-0.15, -0.1) is 6.58 Å². The Hall–Kier alpha value is -3.16. The molecule has 2 aliphatic rings. The molecule has 2 aliphatic heterocycles. The molecule has 136 valence electrons. The molecule has 7 nitrogen and oxygen atoms in total. The van der Waals surface area contributed by atoms with Gasteiger partial charge in [0.1, 0.15) is 5.75 Å². The smallest absolute Gasteiger partial charge is 0.427 e. The average molecular weight is 360 g/mol. The number of imide groups is 1. The molecule has 1 aromatic carbocycles. The number of cyclic esters (lactones) is 1. The maximum atomic E-state index is 14.6. The Morgan fingerprint density at radius 1 is 1.27 bits per heavy atom. The van der Waals surface area contributed by atoms with Crippen molar-refractivity contribution >= 4 is 29.3 Å². The topological polar surface area (TPSA) is 76.2 Å². The molecule has 0 radical (unpaired) electrons. The molecule has 26 heavy (non-hydrogen) atoms. The van der Waals surface area contributed by atoms with Crippen LogP contribution in [0.5, 0.6) is 5.75 Å². The number of amides is 3. The first-order valence-electron chi connectivity index (χ1n) is 7.92. The van der Waals surface area contributed by atoms with E-state index in [1.165, 1.54) is 17.0 Å². The first kappa shape index (κ1) is 17.7. The Balaban J connectivity index is 2.13. The van der Waals surface area contributed by atoms with Gasteiger partial charge in [-0.25, -0.2) is 14.1 Å². The number of anilines is 2. The molecule has 2 heterocycles. The summed E-state index contributed by atoms with van der Waals surface area (Å²) in [6.45, 7) is 8.53. The van der Waals surface area contributed by atoms with Crippen LogP contribution in [0.25, 0.3) is 0 Å². The predicted octanol–water partition coefficient (Wildman–Crippen LogP) is 2.90. The quantitative estimate of drug-likeness (QED) is 0.612. The van der Waals surface area contributed by atoms with Gasteiger partial charge >= 0.3 is 12.0 Å². The zero-order valence-electron chi connectivity index (χ0n) is 14.5. The molecule has 1 fully saturated rings. The number of allylic oxidation sites excluding steroid dienone is 1. The summed E-state index contributed by atoms with van der Waals surface area (Å²) in [5, 5.41) is 0. The number of fused-ring (bicyclic) bond motifs is 1. The molecule has 0 aromatic heterocycles. The number of carbonyl (C=O) groups excluding carboxylic acids is 3. The molecular formula is C18H17FN2O5. The lowest BCUT2D eigenvalue weighted by molar-refractivity contribution is -0.125. The number of rotatable bonds is 3. The second-order valence-electron chi connectivity index (χ2n) is 6.11. The van der Waals surface area contributed by atoms with Crippen LogP contribution in [0, 0.1) is 5.82 Å². The molecule has 1 saturated heterocycles. The fraction of sp³-hybridized carbons (Fsp3) is 0.278. The fourth-order valence-electron chi connectivity index (χ4n) is 2.79. The van der Waals surface area contributed by atoms with E-state index in [-0.39, 0.29) is 35.3 Å². The first-order valence-corrected chi connectivity index (χ1v) is 7.92. The number of nitrogens with zero attached hydrogens (tertiary/aromatic N) is 2. The summed E-state index contributed by atoms with van der Waals surface area (Å²) in [7, 11) is 0. The highest BCUT2D eigenvalue weighted by Gasteiger charge is 2.41. The Morgan fingerprint density at radius 2 is 1.96 bits per heavy atom. The minimum Gasteiger partial charge on any atom is -0.479 e. The lowest BCUT2D eigenvalue weighted by Crippen LogP contribution is -2.44. The predicted molar refractivity (Wildman–Crippen MR) is 91.4 cm³/mol. The molecule has 3 rings (SSSR count). The van der Waals surface area contributed by atoms with Gasteiger partial charge in [0.25, 0.3) is 5.91 Å². The van der Waals surface area contributed by atoms with Crippen molar-refractivity contribution in [2.75, 3.05) is 16.3 Å². The van der Waals surface area contributed by atoms with Crippen molar-refractivity contribution in [2.45, 2.75) is 26.9 Å². The van der Waals surface area contributed by atoms with Crippen LogP contribution in [0.3, 0.4) is 0 Å². The van der Waals surface area contributed by atoms with Gasteiger partial charge in [0.2, 0.25) is 0 Å². The number of benzene rings is 1. The number of hydrogen-bond donors (Lipinski definition) is 0. The summed E-state index contributed by atoms with van der Waals surface area (Å²) < 4.78 is 25.0. The number of hydrogen-bond acceptors (Lipinski definition) is 5. The normalized spacial score (nSPS) is 19.3. The van der Waals surface area contributed by atoms with Crippen LogP contribution < -0.4 is 14.5 Å². The van der Waals surface area contributed by atoms with Crippen molar-refractivity contribution in [3.63, 3.8) is 0 Å². The zero-order chi connectivity index (χ0) is 19.2. The minimum absolute atomic E-state index is 0.141. The number of halogens is 1. The molecular weight excluding hydrogens is 343 g/mol. The van der Waals surface area contributed by atoms with E-state index in [0.717, 1.165) is 6.07 Å². The van der Waals surface area contributed by atoms with Crippen molar-refractivity contribution in [2.24, 2.45) is 0 Å². The molecule has 3 amide bonds. The van der Waals surface area contributed by atoms with Gasteiger partial charge in [0.05, 0.1) is 11.4 Å². The summed E-state index contributed by atoms with van der Waals surface area (Å²) in [5.74, 6) is -1.95. The number of carbonyl (C=O) groups is 3. The van der Waals surface area contributed by atoms with Crippen LogP contribution in [0.15, 0.2) is 36.1 Å². The monoisotopic (exact) mass is 360 g/mol. The Kier molecular flexibility index (Phi) is 4.27. The molecule has 1 aromatic rings. The van der Waals surface area contributed by atoms with Gasteiger partial charge in [-0.05, 0) is 32.4 Å². The van der Waals surface area contributed by atoms with Crippen LogP contribution in [0.2, 0.25) is 0 Å².